The van der Waals surface area contributed by atoms with Crippen LogP contribution in [0.1, 0.15) is 5.56 Å². The van der Waals surface area contributed by atoms with E-state index < -0.39 is 0 Å². The first kappa shape index (κ1) is 9.15. The molecule has 0 spiro atoms. The maximum atomic E-state index is 12.6. The van der Waals surface area contributed by atoms with Crippen molar-refractivity contribution < 1.29 is 4.39 Å². The number of halogens is 2. The smallest absolute Gasteiger partial charge is 0.221 e. The van der Waals surface area contributed by atoms with E-state index in [1.165, 1.54) is 23.1 Å². The Labute approximate surface area is 85.1 Å². The van der Waals surface area contributed by atoms with E-state index in [1.54, 1.807) is 12.1 Å². The lowest BCUT2D eigenvalue weighted by Crippen LogP contribution is -2.01. The van der Waals surface area contributed by atoms with Crippen LogP contribution in [0.5, 0.6) is 0 Å². The molecular weight excluding hydrogens is 205 g/mol. The standard InChI is InChI=1S/C9H7ClFN3/c10-9-12-6-13-14(9)5-7-1-3-8(11)4-2-7/h1-4,6H,5H2. The van der Waals surface area contributed by atoms with Crippen LogP contribution < -0.4 is 0 Å². The van der Waals surface area contributed by atoms with Crippen LogP contribution in [-0.2, 0) is 6.54 Å². The molecule has 1 aromatic carbocycles. The van der Waals surface area contributed by atoms with Gasteiger partial charge in [0.05, 0.1) is 6.54 Å². The predicted molar refractivity (Wildman–Crippen MR) is 50.5 cm³/mol. The molecule has 0 N–H and O–H groups in total. The Balaban J connectivity index is 2.19. The van der Waals surface area contributed by atoms with Gasteiger partial charge in [0.2, 0.25) is 5.28 Å². The highest BCUT2D eigenvalue weighted by atomic mass is 35.5. The summed E-state index contributed by atoms with van der Waals surface area (Å²) in [6.07, 6.45) is 1.38. The molecule has 14 heavy (non-hydrogen) atoms. The largest absolute Gasteiger partial charge is 0.232 e. The van der Waals surface area contributed by atoms with Crippen LogP contribution in [0, 0.1) is 5.82 Å². The zero-order chi connectivity index (χ0) is 9.97. The van der Waals surface area contributed by atoms with Gasteiger partial charge in [-0.15, -0.1) is 0 Å². The highest BCUT2D eigenvalue weighted by Gasteiger charge is 2.01. The molecule has 72 valence electrons. The van der Waals surface area contributed by atoms with Gasteiger partial charge in [-0.1, -0.05) is 12.1 Å². The summed E-state index contributed by atoms with van der Waals surface area (Å²) in [6.45, 7) is 0.499. The zero-order valence-electron chi connectivity index (χ0n) is 7.19. The van der Waals surface area contributed by atoms with Crippen molar-refractivity contribution in [3.8, 4) is 0 Å². The minimum atomic E-state index is -0.251. The first-order chi connectivity index (χ1) is 6.75. The van der Waals surface area contributed by atoms with Crippen molar-refractivity contribution in [3.05, 3.63) is 47.3 Å². The molecule has 0 bridgehead atoms. The van der Waals surface area contributed by atoms with Crippen molar-refractivity contribution in [2.24, 2.45) is 0 Å². The molecule has 0 atom stereocenters. The van der Waals surface area contributed by atoms with Crippen LogP contribution >= 0.6 is 11.6 Å². The third-order valence-corrected chi connectivity index (χ3v) is 2.11. The van der Waals surface area contributed by atoms with Crippen molar-refractivity contribution >= 4 is 11.6 Å². The van der Waals surface area contributed by atoms with Gasteiger partial charge in [0, 0.05) is 0 Å². The summed E-state index contributed by atoms with van der Waals surface area (Å²) in [5.41, 5.74) is 0.929. The molecule has 1 aromatic heterocycles. The van der Waals surface area contributed by atoms with Crippen molar-refractivity contribution in [2.45, 2.75) is 6.54 Å². The van der Waals surface area contributed by atoms with Crippen molar-refractivity contribution in [1.29, 1.82) is 0 Å². The highest BCUT2D eigenvalue weighted by molar-refractivity contribution is 6.28. The molecular formula is C9H7ClFN3. The Morgan fingerprint density at radius 3 is 2.57 bits per heavy atom. The van der Waals surface area contributed by atoms with Gasteiger partial charge in [0.15, 0.2) is 0 Å². The summed E-state index contributed by atoms with van der Waals surface area (Å²) in [7, 11) is 0. The molecule has 0 saturated heterocycles. The van der Waals surface area contributed by atoms with E-state index in [0.717, 1.165) is 5.56 Å². The Morgan fingerprint density at radius 2 is 2.00 bits per heavy atom. The van der Waals surface area contributed by atoms with Crippen LogP contribution in [0.2, 0.25) is 5.28 Å². The summed E-state index contributed by atoms with van der Waals surface area (Å²) in [6, 6.07) is 6.18. The van der Waals surface area contributed by atoms with Crippen LogP contribution in [0.4, 0.5) is 4.39 Å². The second-order valence-electron chi connectivity index (χ2n) is 2.81. The molecule has 2 aromatic rings. The van der Waals surface area contributed by atoms with Gasteiger partial charge in [-0.3, -0.25) is 0 Å². The number of hydrogen-bond donors (Lipinski definition) is 0. The fourth-order valence-electron chi connectivity index (χ4n) is 1.12. The van der Waals surface area contributed by atoms with Gasteiger partial charge >= 0.3 is 0 Å². The van der Waals surface area contributed by atoms with E-state index >= 15 is 0 Å². The van der Waals surface area contributed by atoms with Gasteiger partial charge in [-0.25, -0.2) is 14.1 Å². The monoisotopic (exact) mass is 211 g/mol. The lowest BCUT2D eigenvalue weighted by atomic mass is 10.2. The molecule has 1 heterocycles. The van der Waals surface area contributed by atoms with E-state index in [9.17, 15) is 4.39 Å². The Morgan fingerprint density at radius 1 is 1.29 bits per heavy atom. The predicted octanol–water partition coefficient (Wildman–Crippen LogP) is 2.12. The fraction of sp³-hybridized carbons (Fsp3) is 0.111. The summed E-state index contributed by atoms with van der Waals surface area (Å²) in [4.78, 5) is 3.77. The van der Waals surface area contributed by atoms with Crippen molar-refractivity contribution in [1.82, 2.24) is 14.8 Å². The van der Waals surface area contributed by atoms with Crippen molar-refractivity contribution in [2.75, 3.05) is 0 Å². The molecule has 0 aliphatic rings. The summed E-state index contributed by atoms with van der Waals surface area (Å²) < 4.78 is 14.1. The third-order valence-electron chi connectivity index (χ3n) is 1.81. The molecule has 3 nitrogen and oxygen atoms in total. The van der Waals surface area contributed by atoms with Gasteiger partial charge in [0.1, 0.15) is 12.1 Å². The molecule has 0 aliphatic heterocycles. The average Bonchev–Trinajstić information content (AvgIpc) is 2.56. The van der Waals surface area contributed by atoms with Crippen molar-refractivity contribution in [3.63, 3.8) is 0 Å². The topological polar surface area (TPSA) is 30.7 Å². The Hall–Kier alpha value is -1.42. The lowest BCUT2D eigenvalue weighted by molar-refractivity contribution is 0.624. The zero-order valence-corrected chi connectivity index (χ0v) is 7.95. The van der Waals surface area contributed by atoms with Gasteiger partial charge in [-0.05, 0) is 29.3 Å². The number of hydrogen-bond acceptors (Lipinski definition) is 2. The van der Waals surface area contributed by atoms with Gasteiger partial charge in [0.25, 0.3) is 0 Å². The molecule has 0 aliphatic carbocycles. The van der Waals surface area contributed by atoms with Gasteiger partial charge in [-0.2, -0.15) is 5.10 Å². The third kappa shape index (κ3) is 1.90. The van der Waals surface area contributed by atoms with Crippen LogP contribution in [0.25, 0.3) is 0 Å². The summed E-state index contributed by atoms with van der Waals surface area (Å²) in [5, 5.41) is 4.24. The number of aromatic nitrogens is 3. The molecule has 0 saturated carbocycles. The van der Waals surface area contributed by atoms with E-state index in [-0.39, 0.29) is 5.82 Å². The second-order valence-corrected chi connectivity index (χ2v) is 3.15. The van der Waals surface area contributed by atoms with E-state index in [2.05, 4.69) is 10.1 Å². The maximum Gasteiger partial charge on any atom is 0.221 e. The maximum absolute atomic E-state index is 12.6. The molecule has 0 amide bonds. The van der Waals surface area contributed by atoms with Gasteiger partial charge < -0.3 is 0 Å². The van der Waals surface area contributed by atoms with Crippen LogP contribution in [0.3, 0.4) is 0 Å². The fourth-order valence-corrected chi connectivity index (χ4v) is 1.27. The van der Waals surface area contributed by atoms with E-state index in [0.29, 0.717) is 11.8 Å². The lowest BCUT2D eigenvalue weighted by Gasteiger charge is -2.01. The highest BCUT2D eigenvalue weighted by Crippen LogP contribution is 2.08. The first-order valence-corrected chi connectivity index (χ1v) is 4.41. The summed E-state index contributed by atoms with van der Waals surface area (Å²) in [5.74, 6) is -0.251. The van der Waals surface area contributed by atoms with Crippen LogP contribution in [-0.4, -0.2) is 14.8 Å². The minimum Gasteiger partial charge on any atom is -0.232 e. The Bertz CT molecular complexity index is 424. The van der Waals surface area contributed by atoms with E-state index in [4.69, 9.17) is 11.6 Å². The Kier molecular flexibility index (Phi) is 2.45. The summed E-state index contributed by atoms with van der Waals surface area (Å²) >= 11 is 5.74. The molecule has 0 fully saturated rings. The second kappa shape index (κ2) is 3.75. The molecule has 0 unspecified atom stereocenters. The normalized spacial score (nSPS) is 10.4. The van der Waals surface area contributed by atoms with E-state index in [1.807, 2.05) is 0 Å². The quantitative estimate of drug-likeness (QED) is 0.762. The number of benzene rings is 1. The molecule has 0 radical (unpaired) electrons. The number of rotatable bonds is 2. The molecule has 2 rings (SSSR count). The van der Waals surface area contributed by atoms with Crippen LogP contribution in [0.15, 0.2) is 30.6 Å². The average molecular weight is 212 g/mol. The number of nitrogens with zero attached hydrogens (tertiary/aromatic N) is 3. The SMILES string of the molecule is Fc1ccc(Cn2ncnc2Cl)cc1. The first-order valence-electron chi connectivity index (χ1n) is 4.03. The minimum absolute atomic E-state index is 0.251. The molecule has 5 heteroatoms.